The minimum Gasteiger partial charge on any atom is -0.496 e. The minimum atomic E-state index is -1.49. The molecule has 2 rings (SSSR count). The molecule has 0 saturated heterocycles. The number of aryl methyl sites for hydroxylation is 1. The number of ether oxygens (including phenoxy) is 1. The Kier molecular flexibility index (Phi) is 3.43. The third-order valence-electron chi connectivity index (χ3n) is 2.61. The summed E-state index contributed by atoms with van der Waals surface area (Å²) in [6.45, 7) is 1.82. The van der Waals surface area contributed by atoms with Crippen molar-refractivity contribution < 1.29 is 29.0 Å². The van der Waals surface area contributed by atoms with Crippen LogP contribution in [0.1, 0.15) is 26.6 Å². The largest absolute Gasteiger partial charge is 0.496 e. The zero-order valence-electron chi connectivity index (χ0n) is 10.7. The first-order chi connectivity index (χ1) is 9.43. The van der Waals surface area contributed by atoms with Gasteiger partial charge >= 0.3 is 11.9 Å². The third kappa shape index (κ3) is 2.33. The van der Waals surface area contributed by atoms with Gasteiger partial charge in [0.1, 0.15) is 5.75 Å². The number of hydrogen-bond acceptors (Lipinski definition) is 5. The monoisotopic (exact) mass is 277 g/mol. The fourth-order valence-electron chi connectivity index (χ4n) is 1.71. The average molecular weight is 277 g/mol. The number of aromatic nitrogens is 1. The summed E-state index contributed by atoms with van der Waals surface area (Å²) >= 11 is 0. The number of nitrogens with zero attached hydrogens (tertiary/aromatic N) is 1. The van der Waals surface area contributed by atoms with Crippen molar-refractivity contribution in [2.45, 2.75) is 6.92 Å². The summed E-state index contributed by atoms with van der Waals surface area (Å²) in [4.78, 5) is 25.7. The molecule has 2 N–H and O–H groups in total. The number of aromatic carboxylic acids is 2. The third-order valence-corrected chi connectivity index (χ3v) is 2.61. The molecule has 0 aliphatic carbocycles. The number of carbonyl (C=O) groups is 2. The fraction of sp³-hybridized carbons (Fsp3) is 0.154. The van der Waals surface area contributed by atoms with Crippen molar-refractivity contribution in [2.75, 3.05) is 7.11 Å². The van der Waals surface area contributed by atoms with Crippen LogP contribution in [-0.2, 0) is 0 Å². The van der Waals surface area contributed by atoms with Gasteiger partial charge in [-0.25, -0.2) is 14.6 Å². The van der Waals surface area contributed by atoms with Gasteiger partial charge in [0.05, 0.1) is 12.7 Å². The smallest absolute Gasteiger partial charge is 0.374 e. The van der Waals surface area contributed by atoms with E-state index < -0.39 is 23.4 Å². The molecular formula is C13H11NO6. The van der Waals surface area contributed by atoms with Crippen LogP contribution in [0.2, 0.25) is 0 Å². The molecule has 1 aromatic carbocycles. The predicted octanol–water partition coefficient (Wildman–Crippen LogP) is 2.06. The Morgan fingerprint density at radius 1 is 1.25 bits per heavy atom. The molecule has 0 unspecified atom stereocenters. The van der Waals surface area contributed by atoms with Gasteiger partial charge in [-0.05, 0) is 19.1 Å². The predicted molar refractivity (Wildman–Crippen MR) is 67.1 cm³/mol. The highest BCUT2D eigenvalue weighted by Gasteiger charge is 2.26. The summed E-state index contributed by atoms with van der Waals surface area (Å²) in [5.74, 6) is -3.38. The van der Waals surface area contributed by atoms with Crippen molar-refractivity contribution in [1.29, 1.82) is 0 Å². The first-order valence-electron chi connectivity index (χ1n) is 5.56. The lowest BCUT2D eigenvalue weighted by Gasteiger charge is -2.05. The molecule has 0 radical (unpaired) electrons. The van der Waals surface area contributed by atoms with E-state index in [1.54, 1.807) is 18.2 Å². The fourth-order valence-corrected chi connectivity index (χ4v) is 1.71. The van der Waals surface area contributed by atoms with Gasteiger partial charge in [0.2, 0.25) is 17.3 Å². The second kappa shape index (κ2) is 5.04. The normalized spacial score (nSPS) is 10.3. The van der Waals surface area contributed by atoms with E-state index in [0.29, 0.717) is 11.3 Å². The van der Waals surface area contributed by atoms with E-state index in [9.17, 15) is 9.59 Å². The number of hydrogen-bond donors (Lipinski definition) is 2. The maximum atomic E-state index is 11.0. The van der Waals surface area contributed by atoms with Crippen LogP contribution < -0.4 is 4.74 Å². The van der Waals surface area contributed by atoms with Gasteiger partial charge < -0.3 is 19.4 Å². The van der Waals surface area contributed by atoms with Crippen molar-refractivity contribution in [2.24, 2.45) is 0 Å². The van der Waals surface area contributed by atoms with Crippen LogP contribution in [0.3, 0.4) is 0 Å². The zero-order chi connectivity index (χ0) is 14.9. The molecule has 0 spiro atoms. The molecule has 0 bridgehead atoms. The average Bonchev–Trinajstić information content (AvgIpc) is 2.83. The van der Waals surface area contributed by atoms with Crippen LogP contribution in [0.5, 0.6) is 5.75 Å². The van der Waals surface area contributed by atoms with Gasteiger partial charge in [0.25, 0.3) is 0 Å². The highest BCUT2D eigenvalue weighted by atomic mass is 16.5. The van der Waals surface area contributed by atoms with Gasteiger partial charge in [-0.2, -0.15) is 0 Å². The van der Waals surface area contributed by atoms with E-state index in [-0.39, 0.29) is 5.89 Å². The molecular weight excluding hydrogens is 266 g/mol. The molecule has 20 heavy (non-hydrogen) atoms. The summed E-state index contributed by atoms with van der Waals surface area (Å²) in [7, 11) is 1.44. The number of carboxylic acids is 2. The van der Waals surface area contributed by atoms with Gasteiger partial charge in [-0.15, -0.1) is 0 Å². The van der Waals surface area contributed by atoms with E-state index in [1.165, 1.54) is 7.11 Å². The highest BCUT2D eigenvalue weighted by molar-refractivity contribution is 5.98. The molecule has 1 aromatic heterocycles. The van der Waals surface area contributed by atoms with E-state index in [1.807, 2.05) is 6.92 Å². The number of oxazole rings is 1. The lowest BCUT2D eigenvalue weighted by atomic mass is 10.1. The highest BCUT2D eigenvalue weighted by Crippen LogP contribution is 2.31. The lowest BCUT2D eigenvalue weighted by Crippen LogP contribution is -2.05. The zero-order valence-corrected chi connectivity index (χ0v) is 10.7. The first kappa shape index (κ1) is 13.6. The molecule has 104 valence electrons. The second-order valence-electron chi connectivity index (χ2n) is 4.01. The van der Waals surface area contributed by atoms with Crippen molar-refractivity contribution in [3.05, 3.63) is 35.2 Å². The Hall–Kier alpha value is -2.83. The van der Waals surface area contributed by atoms with Crippen LogP contribution >= 0.6 is 0 Å². The van der Waals surface area contributed by atoms with Crippen LogP contribution in [-0.4, -0.2) is 34.2 Å². The maximum Gasteiger partial charge on any atom is 0.374 e. The van der Waals surface area contributed by atoms with Crippen LogP contribution in [0.15, 0.2) is 22.6 Å². The Balaban J connectivity index is 2.65. The van der Waals surface area contributed by atoms with Crippen LogP contribution in [0.25, 0.3) is 11.5 Å². The van der Waals surface area contributed by atoms with Gasteiger partial charge in [0, 0.05) is 0 Å². The molecule has 7 heteroatoms. The Bertz CT molecular complexity index is 657. The number of methoxy groups -OCH3 is 1. The molecule has 0 saturated carbocycles. The van der Waals surface area contributed by atoms with Crippen molar-refractivity contribution in [3.8, 4) is 17.2 Å². The lowest BCUT2D eigenvalue weighted by molar-refractivity contribution is 0.0624. The summed E-state index contributed by atoms with van der Waals surface area (Å²) in [5.41, 5.74) is 0.617. The Labute approximate surface area is 113 Å². The van der Waals surface area contributed by atoms with E-state index in [2.05, 4.69) is 4.98 Å². The molecule has 0 aliphatic heterocycles. The van der Waals surface area contributed by atoms with E-state index in [0.717, 1.165) is 5.56 Å². The van der Waals surface area contributed by atoms with Gasteiger partial charge in [-0.1, -0.05) is 11.6 Å². The standard InChI is InChI=1S/C13H11NO6/c1-6-3-4-8(19-2)7(5-6)11-14-9(12(15)16)10(20-11)13(17)18/h3-5H,1-2H3,(H,15,16)(H,17,18). The molecule has 7 nitrogen and oxygen atoms in total. The SMILES string of the molecule is COc1ccc(C)cc1-c1nc(C(=O)O)c(C(=O)O)o1. The van der Waals surface area contributed by atoms with Crippen molar-refractivity contribution in [3.63, 3.8) is 0 Å². The van der Waals surface area contributed by atoms with Gasteiger partial charge in [-0.3, -0.25) is 0 Å². The molecule has 0 amide bonds. The van der Waals surface area contributed by atoms with Crippen LogP contribution in [0.4, 0.5) is 0 Å². The Morgan fingerprint density at radius 2 is 1.95 bits per heavy atom. The summed E-state index contributed by atoms with van der Waals surface area (Å²) < 4.78 is 10.2. The molecule has 0 fully saturated rings. The molecule has 1 heterocycles. The minimum absolute atomic E-state index is 0.111. The van der Waals surface area contributed by atoms with E-state index >= 15 is 0 Å². The second-order valence-corrected chi connectivity index (χ2v) is 4.01. The molecule has 2 aromatic rings. The van der Waals surface area contributed by atoms with Crippen LogP contribution in [0, 0.1) is 6.92 Å². The summed E-state index contributed by atoms with van der Waals surface area (Å²) in [6.07, 6.45) is 0. The molecule has 0 atom stereocenters. The number of benzene rings is 1. The topological polar surface area (TPSA) is 110 Å². The van der Waals surface area contributed by atoms with E-state index in [4.69, 9.17) is 19.4 Å². The van der Waals surface area contributed by atoms with Crippen molar-refractivity contribution >= 4 is 11.9 Å². The quantitative estimate of drug-likeness (QED) is 0.879. The van der Waals surface area contributed by atoms with Gasteiger partial charge in [0.15, 0.2) is 0 Å². The number of rotatable bonds is 4. The Morgan fingerprint density at radius 3 is 2.45 bits per heavy atom. The first-order valence-corrected chi connectivity index (χ1v) is 5.56. The summed E-state index contributed by atoms with van der Waals surface area (Å²) in [6, 6.07) is 5.12. The van der Waals surface area contributed by atoms with Crippen molar-refractivity contribution in [1.82, 2.24) is 4.98 Å². The number of carboxylic acid groups (broad SMARTS) is 2. The summed E-state index contributed by atoms with van der Waals surface area (Å²) in [5, 5.41) is 17.9. The maximum absolute atomic E-state index is 11.0. The molecule has 0 aliphatic rings.